The molecule has 0 amide bonds. The molecule has 0 aromatic rings. The fourth-order valence-electron chi connectivity index (χ4n) is 1.85. The van der Waals surface area contributed by atoms with Gasteiger partial charge in [0.25, 0.3) is 0 Å². The molecule has 0 saturated heterocycles. The third-order valence-electron chi connectivity index (χ3n) is 3.16. The molecule has 0 fully saturated rings. The number of carbonyl (C=O) groups excluding carboxylic acids is 1. The Labute approximate surface area is 134 Å². The highest BCUT2D eigenvalue weighted by molar-refractivity contribution is 8.02. The average Bonchev–Trinajstić information content (AvgIpc) is 2.47. The first-order chi connectivity index (χ1) is 9.81. The molecule has 0 aliphatic heterocycles. The summed E-state index contributed by atoms with van der Waals surface area (Å²) in [6.45, 7) is 2.25. The highest BCUT2D eigenvalue weighted by atomic mass is 32.2. The Balaban J connectivity index is 2.97. The summed E-state index contributed by atoms with van der Waals surface area (Å²) >= 11 is 4.21. The van der Waals surface area contributed by atoms with E-state index in [2.05, 4.69) is 35.2 Å². The monoisotopic (exact) mass is 320 g/mol. The van der Waals surface area contributed by atoms with E-state index in [0.29, 0.717) is 6.42 Å². The number of esters is 1. The van der Waals surface area contributed by atoms with Crippen molar-refractivity contribution in [3.05, 3.63) is 0 Å². The summed E-state index contributed by atoms with van der Waals surface area (Å²) in [5.41, 5.74) is 0. The zero-order chi connectivity index (χ0) is 14.9. The molecule has 20 heavy (non-hydrogen) atoms. The Kier molecular flexibility index (Phi) is 17.4. The van der Waals surface area contributed by atoms with Crippen LogP contribution in [0.4, 0.5) is 0 Å². The van der Waals surface area contributed by atoms with Crippen molar-refractivity contribution in [2.45, 2.75) is 64.7 Å². The minimum Gasteiger partial charge on any atom is -0.469 e. The molecule has 0 radical (unpaired) electrons. The maximum atomic E-state index is 10.9. The largest absolute Gasteiger partial charge is 0.469 e. The highest BCUT2D eigenvalue weighted by Gasteiger charge is 1.99. The Bertz CT molecular complexity index is 211. The number of rotatable bonds is 15. The van der Waals surface area contributed by atoms with Gasteiger partial charge in [0.15, 0.2) is 0 Å². The van der Waals surface area contributed by atoms with Crippen molar-refractivity contribution in [2.75, 3.05) is 30.1 Å². The van der Waals surface area contributed by atoms with E-state index in [4.69, 9.17) is 0 Å². The van der Waals surface area contributed by atoms with Crippen molar-refractivity contribution in [2.24, 2.45) is 0 Å². The molecule has 0 rings (SSSR count). The minimum atomic E-state index is -0.0711. The highest BCUT2D eigenvalue weighted by Crippen LogP contribution is 2.13. The fourth-order valence-corrected chi connectivity index (χ4v) is 4.10. The van der Waals surface area contributed by atoms with E-state index in [9.17, 15) is 4.79 Å². The van der Waals surface area contributed by atoms with E-state index < -0.39 is 0 Å². The second-order valence-corrected chi connectivity index (χ2v) is 7.48. The number of hydrogen-bond donors (Lipinski definition) is 0. The van der Waals surface area contributed by atoms with Crippen molar-refractivity contribution in [1.29, 1.82) is 0 Å². The predicted octanol–water partition coefficient (Wildman–Crippen LogP) is 5.16. The molecule has 0 aliphatic rings. The molecule has 4 heteroatoms. The van der Waals surface area contributed by atoms with E-state index in [1.165, 1.54) is 68.6 Å². The van der Waals surface area contributed by atoms with Crippen molar-refractivity contribution in [3.63, 3.8) is 0 Å². The molecular weight excluding hydrogens is 288 g/mol. The van der Waals surface area contributed by atoms with Gasteiger partial charge in [-0.05, 0) is 30.8 Å². The standard InChI is InChI=1S/C16H32O2S2/c1-3-4-12-19-14-15-20-13-10-8-6-5-7-9-11-16(17)18-2/h3-15H2,1-2H3. The number of unbranched alkanes of at least 4 members (excludes halogenated alkanes) is 6. The smallest absolute Gasteiger partial charge is 0.305 e. The third-order valence-corrected chi connectivity index (χ3v) is 5.56. The van der Waals surface area contributed by atoms with Crippen LogP contribution in [0.25, 0.3) is 0 Å². The van der Waals surface area contributed by atoms with E-state index in [1.807, 2.05) is 0 Å². The first kappa shape index (κ1) is 20.2. The molecule has 0 N–H and O–H groups in total. The second-order valence-electron chi connectivity index (χ2n) is 5.03. The van der Waals surface area contributed by atoms with Crippen LogP contribution < -0.4 is 0 Å². The van der Waals surface area contributed by atoms with Gasteiger partial charge >= 0.3 is 5.97 Å². The Morgan fingerprint density at radius 3 is 1.95 bits per heavy atom. The third kappa shape index (κ3) is 16.2. The van der Waals surface area contributed by atoms with Gasteiger partial charge in [-0.25, -0.2) is 0 Å². The second kappa shape index (κ2) is 17.2. The van der Waals surface area contributed by atoms with Crippen LogP contribution in [0.1, 0.15) is 64.7 Å². The van der Waals surface area contributed by atoms with Crippen LogP contribution in [-0.4, -0.2) is 36.1 Å². The molecule has 0 unspecified atom stereocenters. The van der Waals surface area contributed by atoms with Crippen molar-refractivity contribution < 1.29 is 9.53 Å². The average molecular weight is 321 g/mol. The summed E-state index contributed by atoms with van der Waals surface area (Å²) in [5, 5.41) is 0. The van der Waals surface area contributed by atoms with E-state index in [-0.39, 0.29) is 5.97 Å². The lowest BCUT2D eigenvalue weighted by Gasteiger charge is -2.03. The molecule has 0 aromatic carbocycles. The van der Waals surface area contributed by atoms with Gasteiger partial charge < -0.3 is 4.74 Å². The van der Waals surface area contributed by atoms with Gasteiger partial charge in [0.05, 0.1) is 7.11 Å². The summed E-state index contributed by atoms with van der Waals surface area (Å²) in [5.74, 6) is 5.21. The summed E-state index contributed by atoms with van der Waals surface area (Å²) < 4.78 is 4.62. The van der Waals surface area contributed by atoms with Crippen LogP contribution in [-0.2, 0) is 9.53 Å². The van der Waals surface area contributed by atoms with Crippen LogP contribution in [0.3, 0.4) is 0 Å². The number of ether oxygens (including phenoxy) is 1. The van der Waals surface area contributed by atoms with Crippen LogP contribution in [0.15, 0.2) is 0 Å². The van der Waals surface area contributed by atoms with Gasteiger partial charge in [0, 0.05) is 17.9 Å². The van der Waals surface area contributed by atoms with Crippen LogP contribution in [0, 0.1) is 0 Å². The predicted molar refractivity (Wildman–Crippen MR) is 93.9 cm³/mol. The molecule has 0 saturated carbocycles. The van der Waals surface area contributed by atoms with Gasteiger partial charge in [-0.2, -0.15) is 23.5 Å². The quantitative estimate of drug-likeness (QED) is 0.308. The summed E-state index contributed by atoms with van der Waals surface area (Å²) in [6.07, 6.45) is 10.7. The van der Waals surface area contributed by atoms with Gasteiger partial charge in [-0.3, -0.25) is 4.79 Å². The molecule has 2 nitrogen and oxygen atoms in total. The first-order valence-electron chi connectivity index (χ1n) is 8.03. The van der Waals surface area contributed by atoms with Gasteiger partial charge in [-0.15, -0.1) is 0 Å². The topological polar surface area (TPSA) is 26.3 Å². The number of methoxy groups -OCH3 is 1. The molecule has 0 atom stereocenters. The number of carbonyl (C=O) groups is 1. The van der Waals surface area contributed by atoms with E-state index in [0.717, 1.165) is 12.8 Å². The molecule has 120 valence electrons. The van der Waals surface area contributed by atoms with Crippen LogP contribution in [0.2, 0.25) is 0 Å². The number of thioether (sulfide) groups is 2. The van der Waals surface area contributed by atoms with Gasteiger partial charge in [0.2, 0.25) is 0 Å². The molecule has 0 aliphatic carbocycles. The lowest BCUT2D eigenvalue weighted by molar-refractivity contribution is -0.140. The van der Waals surface area contributed by atoms with Gasteiger partial charge in [-0.1, -0.05) is 39.0 Å². The van der Waals surface area contributed by atoms with E-state index in [1.54, 1.807) is 0 Å². The lowest BCUT2D eigenvalue weighted by atomic mass is 10.1. The maximum absolute atomic E-state index is 10.9. The molecule has 0 aromatic heterocycles. The summed E-state index contributed by atoms with van der Waals surface area (Å²) in [7, 11) is 1.46. The van der Waals surface area contributed by atoms with Crippen molar-refractivity contribution in [1.82, 2.24) is 0 Å². The SMILES string of the molecule is CCCCSCCSCCCCCCCCC(=O)OC. The van der Waals surface area contributed by atoms with Crippen molar-refractivity contribution >= 4 is 29.5 Å². The Hall–Kier alpha value is 0.170. The molecule has 0 heterocycles. The maximum Gasteiger partial charge on any atom is 0.305 e. The van der Waals surface area contributed by atoms with Gasteiger partial charge in [0.1, 0.15) is 0 Å². The van der Waals surface area contributed by atoms with Crippen LogP contribution in [0.5, 0.6) is 0 Å². The Morgan fingerprint density at radius 1 is 0.800 bits per heavy atom. The minimum absolute atomic E-state index is 0.0711. The van der Waals surface area contributed by atoms with Crippen molar-refractivity contribution in [3.8, 4) is 0 Å². The summed E-state index contributed by atoms with van der Waals surface area (Å²) in [6, 6.07) is 0. The zero-order valence-corrected chi connectivity index (χ0v) is 15.0. The Morgan fingerprint density at radius 2 is 1.35 bits per heavy atom. The lowest BCUT2D eigenvalue weighted by Crippen LogP contribution is -1.99. The number of hydrogen-bond acceptors (Lipinski definition) is 4. The first-order valence-corrected chi connectivity index (χ1v) is 10.3. The fraction of sp³-hybridized carbons (Fsp3) is 0.938. The molecule has 0 spiro atoms. The normalized spacial score (nSPS) is 10.7. The molecule has 0 bridgehead atoms. The molecular formula is C16H32O2S2. The van der Waals surface area contributed by atoms with E-state index >= 15 is 0 Å². The van der Waals surface area contributed by atoms with Crippen LogP contribution >= 0.6 is 23.5 Å². The zero-order valence-electron chi connectivity index (χ0n) is 13.3. The summed E-state index contributed by atoms with van der Waals surface area (Å²) in [4.78, 5) is 10.9.